The molecule has 0 bridgehead atoms. The number of fused-ring (bicyclic) bond motifs is 5. The molecule has 1 fully saturated rings. The van der Waals surface area contributed by atoms with Crippen LogP contribution < -0.4 is 0 Å². The van der Waals surface area contributed by atoms with Crippen LogP contribution in [0.1, 0.15) is 77.7 Å². The quantitative estimate of drug-likeness (QED) is 0.0926. The zero-order chi connectivity index (χ0) is 28.9. The van der Waals surface area contributed by atoms with E-state index in [0.717, 1.165) is 48.4 Å². The topological polar surface area (TPSA) is 50.2 Å². The molecule has 0 amide bonds. The van der Waals surface area contributed by atoms with Crippen molar-refractivity contribution in [3.63, 3.8) is 0 Å². The van der Waals surface area contributed by atoms with Crippen molar-refractivity contribution in [2.75, 3.05) is 0 Å². The fraction of sp³-hybridized carbons (Fsp3) is 0.351. The molecule has 3 nitrogen and oxygen atoms in total. The first-order valence-corrected chi connectivity index (χ1v) is 16.0. The summed E-state index contributed by atoms with van der Waals surface area (Å²) < 4.78 is 2.73. The van der Waals surface area contributed by atoms with Crippen LogP contribution in [0, 0.1) is 17.9 Å². The maximum absolute atomic E-state index is 11.7. The molecule has 1 saturated carbocycles. The van der Waals surface area contributed by atoms with Crippen molar-refractivity contribution in [2.45, 2.75) is 72.1 Å². The third kappa shape index (κ3) is 6.70. The van der Waals surface area contributed by atoms with Gasteiger partial charge in [0.05, 0.1) is 11.3 Å². The van der Waals surface area contributed by atoms with E-state index < -0.39 is 0 Å². The summed E-state index contributed by atoms with van der Waals surface area (Å²) in [5, 5.41) is 13.7. The maximum atomic E-state index is 11.7. The second kappa shape index (κ2) is 14.6. The summed E-state index contributed by atoms with van der Waals surface area (Å²) >= 11 is 1.91. The van der Waals surface area contributed by atoms with Crippen LogP contribution >= 0.6 is 11.3 Å². The molecule has 0 atom stereocenters. The molecule has 0 unspecified atom stereocenters. The van der Waals surface area contributed by atoms with E-state index in [1.54, 1.807) is 0 Å². The third-order valence-corrected chi connectivity index (χ3v) is 9.69. The second-order valence-corrected chi connectivity index (χ2v) is 12.1. The van der Waals surface area contributed by atoms with Gasteiger partial charge in [-0.15, -0.1) is 47.2 Å². The van der Waals surface area contributed by atoms with E-state index in [-0.39, 0.29) is 43.5 Å². The Bertz CT molecular complexity index is 1680. The van der Waals surface area contributed by atoms with Crippen LogP contribution in [-0.4, -0.2) is 15.9 Å². The monoisotopic (exact) mass is 755 g/mol. The van der Waals surface area contributed by atoms with Gasteiger partial charge in [0, 0.05) is 69.3 Å². The number of hydrogen-bond donors (Lipinski definition) is 1. The van der Waals surface area contributed by atoms with Crippen LogP contribution in [-0.2, 0) is 24.9 Å². The predicted octanol–water partition coefficient (Wildman–Crippen LogP) is 10.8. The number of para-hydroxylation sites is 1. The smallest absolute Gasteiger partial charge is 0.162 e. The average Bonchev–Trinajstić information content (AvgIpc) is 3.77. The Morgan fingerprint density at radius 1 is 0.905 bits per heavy atom. The maximum Gasteiger partial charge on any atom is 0.162 e. The van der Waals surface area contributed by atoms with Crippen LogP contribution in [0.3, 0.4) is 0 Å². The van der Waals surface area contributed by atoms with E-state index >= 15 is 0 Å². The Balaban J connectivity index is 0.000000221. The van der Waals surface area contributed by atoms with Crippen LogP contribution in [0.2, 0.25) is 0 Å². The van der Waals surface area contributed by atoms with Gasteiger partial charge in [-0.05, 0) is 56.1 Å². The standard InChI is InChI=1S/C24H16NS.C13H24O2.Ir/c1-2-7-16(8-3-1)22-24-21(18-9-4-5-12-20(18)25-22)19-11-6-10-17(15-13-14-15)23(19)26-24;1-5-10(6-2)12(14)9-13(15)11(7-3)8-4;/h1-7,9-12,15H,13-14H2;9-11,14H,5-8H2,1-4H3;/q-1;;/b;12-9-;. The minimum Gasteiger partial charge on any atom is -0.512 e. The second-order valence-electron chi connectivity index (χ2n) is 11.1. The number of carbonyl (C=O) groups is 1. The first-order valence-electron chi connectivity index (χ1n) is 15.2. The third-order valence-electron chi connectivity index (χ3n) is 8.43. The summed E-state index contributed by atoms with van der Waals surface area (Å²) in [4.78, 5) is 16.8. The van der Waals surface area contributed by atoms with Gasteiger partial charge in [0.1, 0.15) is 0 Å². The summed E-state index contributed by atoms with van der Waals surface area (Å²) in [6.45, 7) is 8.07. The number of rotatable bonds is 9. The molecule has 221 valence electrons. The number of aliphatic hydroxyl groups excluding tert-OH is 1. The molecular weight excluding hydrogens is 715 g/mol. The van der Waals surface area contributed by atoms with Gasteiger partial charge in [-0.1, -0.05) is 64.1 Å². The fourth-order valence-electron chi connectivity index (χ4n) is 5.75. The summed E-state index contributed by atoms with van der Waals surface area (Å²) in [6.07, 6.45) is 7.56. The van der Waals surface area contributed by atoms with E-state index in [1.807, 2.05) is 51.2 Å². The normalized spacial score (nSPS) is 13.4. The Morgan fingerprint density at radius 2 is 1.57 bits per heavy atom. The number of aromatic nitrogens is 1. The predicted molar refractivity (Wildman–Crippen MR) is 175 cm³/mol. The van der Waals surface area contributed by atoms with Gasteiger partial charge < -0.3 is 5.11 Å². The van der Waals surface area contributed by atoms with Crippen molar-refractivity contribution >= 4 is 48.2 Å². The van der Waals surface area contributed by atoms with Crippen LogP contribution in [0.25, 0.3) is 42.3 Å². The van der Waals surface area contributed by atoms with Crippen molar-refractivity contribution in [1.82, 2.24) is 4.98 Å². The zero-order valence-corrected chi connectivity index (χ0v) is 28.2. The van der Waals surface area contributed by atoms with E-state index in [9.17, 15) is 9.90 Å². The van der Waals surface area contributed by atoms with E-state index in [2.05, 4.69) is 60.7 Å². The number of hydrogen-bond acceptors (Lipinski definition) is 4. The number of thiophene rings is 1. The van der Waals surface area contributed by atoms with E-state index in [0.29, 0.717) is 0 Å². The number of aliphatic hydroxyl groups is 1. The summed E-state index contributed by atoms with van der Waals surface area (Å²) in [6, 6.07) is 26.9. The molecule has 0 spiro atoms. The Morgan fingerprint density at radius 3 is 2.21 bits per heavy atom. The Labute approximate surface area is 267 Å². The number of ketones is 1. The van der Waals surface area contributed by atoms with Gasteiger partial charge in [-0.3, -0.25) is 9.78 Å². The largest absolute Gasteiger partial charge is 0.512 e. The van der Waals surface area contributed by atoms with Crippen molar-refractivity contribution in [2.24, 2.45) is 11.8 Å². The van der Waals surface area contributed by atoms with Crippen LogP contribution in [0.5, 0.6) is 0 Å². The fourth-order valence-corrected chi connectivity index (χ4v) is 7.16. The van der Waals surface area contributed by atoms with Crippen molar-refractivity contribution in [3.05, 3.63) is 90.2 Å². The molecular formula is C37H40IrNO2S-. The van der Waals surface area contributed by atoms with Gasteiger partial charge in [-0.2, -0.15) is 0 Å². The molecule has 0 aliphatic heterocycles. The minimum absolute atomic E-state index is 0. The first-order chi connectivity index (χ1) is 20.0. The van der Waals surface area contributed by atoms with Gasteiger partial charge in [-0.25, -0.2) is 0 Å². The van der Waals surface area contributed by atoms with Crippen LogP contribution in [0.4, 0.5) is 0 Å². The number of pyridine rings is 1. The first kappa shape index (κ1) is 32.1. The molecule has 6 rings (SSSR count). The summed E-state index contributed by atoms with van der Waals surface area (Å²) in [5.74, 6) is 1.30. The molecule has 0 saturated heterocycles. The summed E-state index contributed by atoms with van der Waals surface area (Å²) in [5.41, 5.74) is 4.71. The van der Waals surface area contributed by atoms with Gasteiger partial charge in [0.25, 0.3) is 0 Å². The Hall–Kier alpha value is -2.85. The molecule has 42 heavy (non-hydrogen) atoms. The number of nitrogens with zero attached hydrogens (tertiary/aromatic N) is 1. The molecule has 1 aliphatic rings. The molecule has 2 aromatic heterocycles. The van der Waals surface area contributed by atoms with Crippen molar-refractivity contribution in [3.8, 4) is 11.3 Å². The molecule has 1 aliphatic carbocycles. The van der Waals surface area contributed by atoms with Crippen molar-refractivity contribution < 1.29 is 30.0 Å². The SMILES string of the molecule is CCC(CC)C(=O)/C=C(\O)C(CC)CC.[Ir].[c-]1ccccc1-c1nc2ccccc2c2c1sc1c(C3CC3)cccc12. The molecule has 1 N–H and O–H groups in total. The molecule has 2 heterocycles. The minimum atomic E-state index is 0. The average molecular weight is 755 g/mol. The van der Waals surface area contributed by atoms with Gasteiger partial charge >= 0.3 is 0 Å². The number of carbonyl (C=O) groups excluding carboxylic acids is 1. The van der Waals surface area contributed by atoms with Crippen molar-refractivity contribution in [1.29, 1.82) is 0 Å². The van der Waals surface area contributed by atoms with Crippen LogP contribution in [0.15, 0.2) is 78.6 Å². The zero-order valence-electron chi connectivity index (χ0n) is 24.9. The van der Waals surface area contributed by atoms with Gasteiger partial charge in [0.15, 0.2) is 5.78 Å². The Kier molecular flexibility index (Phi) is 11.1. The van der Waals surface area contributed by atoms with E-state index in [1.165, 1.54) is 50.0 Å². The molecule has 5 heteroatoms. The summed E-state index contributed by atoms with van der Waals surface area (Å²) in [7, 11) is 0. The van der Waals surface area contributed by atoms with Gasteiger partial charge in [0.2, 0.25) is 0 Å². The van der Waals surface area contributed by atoms with E-state index in [4.69, 9.17) is 4.98 Å². The molecule has 1 radical (unpaired) electrons. The molecule has 3 aromatic carbocycles. The number of benzene rings is 3. The number of allylic oxidation sites excluding steroid dienone is 2. The molecule has 5 aromatic rings.